The molecule has 5 N–H and O–H groups in total. The Kier molecular flexibility index (Phi) is 10.7. The number of hydrogen-bond donors (Lipinski definition) is 4. The summed E-state index contributed by atoms with van der Waals surface area (Å²) >= 11 is 0. The molecule has 2 atom stereocenters. The van der Waals surface area contributed by atoms with Crippen molar-refractivity contribution in [3.05, 3.63) is 101 Å². The van der Waals surface area contributed by atoms with E-state index in [1.165, 1.54) is 0 Å². The highest BCUT2D eigenvalue weighted by molar-refractivity contribution is 6.07. The minimum absolute atomic E-state index is 0. The van der Waals surface area contributed by atoms with Gasteiger partial charge in [0.1, 0.15) is 17.9 Å². The minimum atomic E-state index is -0.707. The van der Waals surface area contributed by atoms with Crippen molar-refractivity contribution in [2.75, 3.05) is 11.9 Å². The van der Waals surface area contributed by atoms with E-state index in [4.69, 9.17) is 0 Å². The monoisotopic (exact) mass is 494 g/mol. The van der Waals surface area contributed by atoms with Gasteiger partial charge in [0, 0.05) is 16.8 Å². The molecule has 3 rings (SSSR count). The number of nitrogens with two attached hydrogens (primary N) is 1. The SMILES string of the molecule is C/C(=C\c1ccccc1)C(=O)Nc1cccc(C(=O)CC[NH2+]C(C)C(O)c2ccc(O)cc2)c1.[Cl-]. The van der Waals surface area contributed by atoms with Crippen molar-refractivity contribution in [1.82, 2.24) is 0 Å². The molecule has 0 saturated heterocycles. The van der Waals surface area contributed by atoms with Crippen LogP contribution in [0.5, 0.6) is 5.75 Å². The standard InChI is InChI=1S/C28H30N2O4.ClH/c1-19(17-21-7-4-3-5-8-21)28(34)30-24-10-6-9-23(18-24)26(32)15-16-29-20(2)27(33)22-11-13-25(31)14-12-22;/h3-14,17-18,20,27,29,31,33H,15-16H2,1-2H3,(H,30,34);1H/b19-17+;. The molecule has 0 aromatic heterocycles. The number of aromatic hydroxyl groups is 1. The number of benzene rings is 3. The van der Waals surface area contributed by atoms with Crippen LogP contribution in [0.1, 0.15) is 47.9 Å². The van der Waals surface area contributed by atoms with Crippen molar-refractivity contribution in [1.29, 1.82) is 0 Å². The third-order valence-electron chi connectivity index (χ3n) is 5.63. The lowest BCUT2D eigenvalue weighted by Gasteiger charge is -2.17. The fraction of sp³-hybridized carbons (Fsp3) is 0.214. The number of aliphatic hydroxyl groups is 1. The second-order valence-electron chi connectivity index (χ2n) is 8.37. The summed E-state index contributed by atoms with van der Waals surface area (Å²) in [7, 11) is 0. The maximum Gasteiger partial charge on any atom is 0.251 e. The van der Waals surface area contributed by atoms with Crippen molar-refractivity contribution in [3.63, 3.8) is 0 Å². The Morgan fingerprint density at radius 2 is 1.69 bits per heavy atom. The number of nitrogens with one attached hydrogen (secondary N) is 1. The number of quaternary nitrogens is 1. The number of phenolic OH excluding ortho intramolecular Hbond substituents is 1. The Morgan fingerprint density at radius 3 is 2.37 bits per heavy atom. The van der Waals surface area contributed by atoms with Gasteiger partial charge in [-0.3, -0.25) is 9.59 Å². The molecule has 3 aromatic carbocycles. The predicted molar refractivity (Wildman–Crippen MR) is 133 cm³/mol. The third kappa shape index (κ3) is 8.37. The molecular weight excluding hydrogens is 464 g/mol. The zero-order chi connectivity index (χ0) is 24.5. The van der Waals surface area contributed by atoms with Crippen molar-refractivity contribution in [2.45, 2.75) is 32.4 Å². The summed E-state index contributed by atoms with van der Waals surface area (Å²) in [5.41, 5.74) is 3.33. The minimum Gasteiger partial charge on any atom is -1.00 e. The van der Waals surface area contributed by atoms with Crippen LogP contribution in [0.3, 0.4) is 0 Å². The van der Waals surface area contributed by atoms with Crippen LogP contribution in [-0.4, -0.2) is 34.5 Å². The summed E-state index contributed by atoms with van der Waals surface area (Å²) in [6, 6.07) is 22.8. The Hall–Kier alpha value is -3.45. The first kappa shape index (κ1) is 27.8. The van der Waals surface area contributed by atoms with Gasteiger partial charge >= 0.3 is 0 Å². The van der Waals surface area contributed by atoms with Crippen LogP contribution in [0.4, 0.5) is 5.69 Å². The van der Waals surface area contributed by atoms with Crippen molar-refractivity contribution >= 4 is 23.5 Å². The van der Waals surface area contributed by atoms with E-state index in [1.54, 1.807) is 55.5 Å². The summed E-state index contributed by atoms with van der Waals surface area (Å²) < 4.78 is 0. The molecule has 0 aliphatic carbocycles. The number of rotatable bonds is 10. The lowest BCUT2D eigenvalue weighted by Crippen LogP contribution is -3.00. The highest BCUT2D eigenvalue weighted by Gasteiger charge is 2.19. The third-order valence-corrected chi connectivity index (χ3v) is 5.63. The second kappa shape index (κ2) is 13.4. The first-order chi connectivity index (χ1) is 16.3. The van der Waals surface area contributed by atoms with E-state index < -0.39 is 6.10 Å². The second-order valence-corrected chi connectivity index (χ2v) is 8.37. The number of phenols is 1. The number of hydrogen-bond acceptors (Lipinski definition) is 4. The van der Waals surface area contributed by atoms with E-state index >= 15 is 0 Å². The first-order valence-corrected chi connectivity index (χ1v) is 11.3. The number of ketones is 1. The van der Waals surface area contributed by atoms with Gasteiger partial charge in [-0.05, 0) is 55.3 Å². The highest BCUT2D eigenvalue weighted by atomic mass is 35.5. The molecule has 0 saturated carbocycles. The van der Waals surface area contributed by atoms with Crippen LogP contribution in [-0.2, 0) is 4.79 Å². The maximum absolute atomic E-state index is 12.7. The molecule has 0 radical (unpaired) electrons. The quantitative estimate of drug-likeness (QED) is 0.246. The van der Waals surface area contributed by atoms with Crippen LogP contribution < -0.4 is 23.0 Å². The molecule has 3 aromatic rings. The zero-order valence-corrected chi connectivity index (χ0v) is 20.6. The fourth-order valence-corrected chi connectivity index (χ4v) is 3.59. The predicted octanol–water partition coefficient (Wildman–Crippen LogP) is 0.696. The molecule has 184 valence electrons. The first-order valence-electron chi connectivity index (χ1n) is 11.3. The summed E-state index contributed by atoms with van der Waals surface area (Å²) in [6.45, 7) is 4.16. The molecule has 1 amide bonds. The van der Waals surface area contributed by atoms with Crippen LogP contribution in [0, 0.1) is 0 Å². The van der Waals surface area contributed by atoms with Gasteiger partial charge in [0.15, 0.2) is 5.78 Å². The molecule has 0 aliphatic heterocycles. The van der Waals surface area contributed by atoms with Crippen molar-refractivity contribution in [3.8, 4) is 5.75 Å². The van der Waals surface area contributed by atoms with Crippen LogP contribution >= 0.6 is 0 Å². The fourth-order valence-electron chi connectivity index (χ4n) is 3.59. The Balaban J connectivity index is 0.00000432. The van der Waals surface area contributed by atoms with Gasteiger partial charge in [0.2, 0.25) is 0 Å². The van der Waals surface area contributed by atoms with E-state index in [0.29, 0.717) is 35.4 Å². The number of anilines is 1. The average Bonchev–Trinajstić information content (AvgIpc) is 2.84. The number of Topliss-reactive ketones (excluding diaryl/α,β-unsaturated/α-hetero) is 1. The number of halogens is 1. The number of amides is 1. The van der Waals surface area contributed by atoms with E-state index in [0.717, 1.165) is 5.56 Å². The molecule has 0 heterocycles. The van der Waals surface area contributed by atoms with Gasteiger partial charge in [0.25, 0.3) is 5.91 Å². The molecule has 2 unspecified atom stereocenters. The van der Waals surface area contributed by atoms with Gasteiger partial charge in [0.05, 0.1) is 13.0 Å². The molecule has 35 heavy (non-hydrogen) atoms. The van der Waals surface area contributed by atoms with Gasteiger partial charge < -0.3 is 33.3 Å². The zero-order valence-electron chi connectivity index (χ0n) is 19.8. The Labute approximate surface area is 212 Å². The van der Waals surface area contributed by atoms with E-state index in [9.17, 15) is 19.8 Å². The molecule has 0 aliphatic rings. The van der Waals surface area contributed by atoms with Crippen molar-refractivity contribution < 1.29 is 37.5 Å². The van der Waals surface area contributed by atoms with Gasteiger partial charge in [-0.15, -0.1) is 0 Å². The number of carbonyl (C=O) groups is 2. The normalized spacial score (nSPS) is 12.8. The van der Waals surface area contributed by atoms with Gasteiger partial charge in [-0.2, -0.15) is 0 Å². The molecule has 7 heteroatoms. The summed E-state index contributed by atoms with van der Waals surface area (Å²) in [5, 5.41) is 24.6. The van der Waals surface area contributed by atoms with Gasteiger partial charge in [-0.25, -0.2) is 0 Å². The average molecular weight is 495 g/mol. The topological polar surface area (TPSA) is 103 Å². The van der Waals surface area contributed by atoms with Gasteiger partial charge in [-0.1, -0.05) is 54.6 Å². The Morgan fingerprint density at radius 1 is 1.00 bits per heavy atom. The van der Waals surface area contributed by atoms with E-state index in [-0.39, 0.29) is 35.9 Å². The molecule has 0 bridgehead atoms. The van der Waals surface area contributed by atoms with E-state index in [1.807, 2.05) is 48.6 Å². The Bertz CT molecular complexity index is 1150. The van der Waals surface area contributed by atoms with Crippen LogP contribution in [0.2, 0.25) is 0 Å². The molecule has 0 spiro atoms. The number of carbonyl (C=O) groups excluding carboxylic acids is 2. The van der Waals surface area contributed by atoms with E-state index in [2.05, 4.69) is 5.32 Å². The smallest absolute Gasteiger partial charge is 0.251 e. The summed E-state index contributed by atoms with van der Waals surface area (Å²) in [6.07, 6.45) is 1.41. The maximum atomic E-state index is 12.7. The molecule has 0 fully saturated rings. The summed E-state index contributed by atoms with van der Waals surface area (Å²) in [5.74, 6) is -0.104. The van der Waals surface area contributed by atoms with Crippen molar-refractivity contribution in [2.24, 2.45) is 0 Å². The lowest BCUT2D eigenvalue weighted by atomic mass is 10.0. The largest absolute Gasteiger partial charge is 1.00 e. The number of aliphatic hydroxyl groups excluding tert-OH is 1. The van der Waals surface area contributed by atoms with Crippen LogP contribution in [0.25, 0.3) is 6.08 Å². The molecular formula is C28H31ClN2O4. The molecule has 6 nitrogen and oxygen atoms in total. The lowest BCUT2D eigenvalue weighted by molar-refractivity contribution is -0.693. The summed E-state index contributed by atoms with van der Waals surface area (Å²) in [4.78, 5) is 25.2. The highest BCUT2D eigenvalue weighted by Crippen LogP contribution is 2.18. The van der Waals surface area contributed by atoms with Crippen LogP contribution in [0.15, 0.2) is 84.4 Å².